The number of aliphatic hydroxyl groups is 1. The lowest BCUT2D eigenvalue weighted by atomic mass is 9.92. The van der Waals surface area contributed by atoms with Crippen molar-refractivity contribution in [3.05, 3.63) is 0 Å². The fraction of sp³-hybridized carbons (Fsp3) is 1.00. The minimum atomic E-state index is -0.606. The van der Waals surface area contributed by atoms with Gasteiger partial charge in [0, 0.05) is 17.8 Å². The van der Waals surface area contributed by atoms with Crippen LogP contribution in [0, 0.1) is 5.92 Å². The Balaban J connectivity index is 4.14. The summed E-state index contributed by atoms with van der Waals surface area (Å²) < 4.78 is 0.326. The number of nitrogens with one attached hydrogen (secondary N) is 1. The predicted molar refractivity (Wildman–Crippen MR) is 75.2 cm³/mol. The Morgan fingerprint density at radius 2 is 1.69 bits per heavy atom. The summed E-state index contributed by atoms with van der Waals surface area (Å²) in [7, 11) is 0. The van der Waals surface area contributed by atoms with Crippen LogP contribution in [-0.2, 0) is 0 Å². The van der Waals surface area contributed by atoms with Gasteiger partial charge in [0.15, 0.2) is 0 Å². The second-order valence-electron chi connectivity index (χ2n) is 5.21. The molecule has 0 fully saturated rings. The molecule has 0 aliphatic rings. The standard InChI is InChI=1S/C13H29NOS/c1-7-13(8-2,16-6)10-14-9-12(5,15)11(3)4/h11,14-15H,7-10H2,1-6H3. The molecular weight excluding hydrogens is 218 g/mol. The van der Waals surface area contributed by atoms with E-state index in [1.807, 2.05) is 18.7 Å². The number of hydrogen-bond donors (Lipinski definition) is 2. The molecule has 0 aromatic rings. The van der Waals surface area contributed by atoms with E-state index in [0.29, 0.717) is 11.3 Å². The maximum atomic E-state index is 10.1. The number of rotatable bonds is 8. The van der Waals surface area contributed by atoms with Crippen LogP contribution in [-0.4, -0.2) is 34.8 Å². The molecule has 0 aliphatic heterocycles. The van der Waals surface area contributed by atoms with Crippen molar-refractivity contribution in [2.24, 2.45) is 5.92 Å². The molecule has 0 aromatic carbocycles. The summed E-state index contributed by atoms with van der Waals surface area (Å²) in [5, 5.41) is 13.6. The highest BCUT2D eigenvalue weighted by atomic mass is 32.2. The summed E-state index contributed by atoms with van der Waals surface area (Å²) in [6, 6.07) is 0. The number of hydrogen-bond acceptors (Lipinski definition) is 3. The van der Waals surface area contributed by atoms with Crippen molar-refractivity contribution in [3.8, 4) is 0 Å². The Morgan fingerprint density at radius 1 is 1.19 bits per heavy atom. The molecule has 0 aliphatic carbocycles. The van der Waals surface area contributed by atoms with E-state index >= 15 is 0 Å². The molecule has 0 bridgehead atoms. The van der Waals surface area contributed by atoms with Gasteiger partial charge in [0.25, 0.3) is 0 Å². The Bertz CT molecular complexity index is 180. The van der Waals surface area contributed by atoms with Gasteiger partial charge in [-0.2, -0.15) is 11.8 Å². The van der Waals surface area contributed by atoms with Crippen LogP contribution >= 0.6 is 11.8 Å². The SMILES string of the molecule is CCC(CC)(CNCC(C)(O)C(C)C)SC. The fourth-order valence-corrected chi connectivity index (χ4v) is 2.43. The van der Waals surface area contributed by atoms with Gasteiger partial charge in [-0.3, -0.25) is 0 Å². The molecule has 0 aromatic heterocycles. The zero-order valence-corrected chi connectivity index (χ0v) is 12.6. The van der Waals surface area contributed by atoms with Gasteiger partial charge in [-0.1, -0.05) is 27.7 Å². The summed E-state index contributed by atoms with van der Waals surface area (Å²) in [6.45, 7) is 12.1. The minimum absolute atomic E-state index is 0.284. The van der Waals surface area contributed by atoms with E-state index in [-0.39, 0.29) is 5.92 Å². The van der Waals surface area contributed by atoms with Crippen LogP contribution in [0.25, 0.3) is 0 Å². The van der Waals surface area contributed by atoms with Crippen molar-refractivity contribution in [2.45, 2.75) is 57.8 Å². The topological polar surface area (TPSA) is 32.3 Å². The molecule has 2 N–H and O–H groups in total. The number of thioether (sulfide) groups is 1. The van der Waals surface area contributed by atoms with E-state index in [4.69, 9.17) is 0 Å². The summed E-state index contributed by atoms with van der Waals surface area (Å²) >= 11 is 1.93. The molecule has 3 heteroatoms. The molecule has 16 heavy (non-hydrogen) atoms. The molecule has 0 amide bonds. The van der Waals surface area contributed by atoms with E-state index in [1.165, 1.54) is 12.8 Å². The van der Waals surface area contributed by atoms with E-state index in [9.17, 15) is 5.11 Å². The molecule has 0 radical (unpaired) electrons. The third-order valence-electron chi connectivity index (χ3n) is 3.90. The molecule has 0 saturated heterocycles. The average molecular weight is 247 g/mol. The summed E-state index contributed by atoms with van der Waals surface area (Å²) in [4.78, 5) is 0. The van der Waals surface area contributed by atoms with Gasteiger partial charge < -0.3 is 10.4 Å². The third kappa shape index (κ3) is 4.64. The van der Waals surface area contributed by atoms with E-state index in [1.54, 1.807) is 0 Å². The zero-order valence-electron chi connectivity index (χ0n) is 11.8. The monoisotopic (exact) mass is 247 g/mol. The summed E-state index contributed by atoms with van der Waals surface area (Å²) in [6.07, 6.45) is 4.51. The second-order valence-corrected chi connectivity index (χ2v) is 6.48. The molecule has 2 nitrogen and oxygen atoms in total. The molecular formula is C13H29NOS. The van der Waals surface area contributed by atoms with Crippen molar-refractivity contribution < 1.29 is 5.11 Å². The minimum Gasteiger partial charge on any atom is -0.389 e. The Kier molecular flexibility index (Phi) is 6.99. The largest absolute Gasteiger partial charge is 0.389 e. The van der Waals surface area contributed by atoms with Crippen LogP contribution in [0.3, 0.4) is 0 Å². The lowest BCUT2D eigenvalue weighted by Gasteiger charge is -2.33. The smallest absolute Gasteiger partial charge is 0.0766 e. The Morgan fingerprint density at radius 3 is 2.00 bits per heavy atom. The van der Waals surface area contributed by atoms with Crippen LogP contribution in [0.4, 0.5) is 0 Å². The van der Waals surface area contributed by atoms with Crippen molar-refractivity contribution in [1.29, 1.82) is 0 Å². The van der Waals surface area contributed by atoms with Crippen molar-refractivity contribution in [3.63, 3.8) is 0 Å². The van der Waals surface area contributed by atoms with Gasteiger partial charge >= 0.3 is 0 Å². The third-order valence-corrected chi connectivity index (χ3v) is 5.48. The highest BCUT2D eigenvalue weighted by Gasteiger charge is 2.28. The summed E-state index contributed by atoms with van der Waals surface area (Å²) in [5.74, 6) is 0.284. The van der Waals surface area contributed by atoms with E-state index in [2.05, 4.69) is 39.3 Å². The first-order valence-corrected chi connectivity index (χ1v) is 7.54. The first kappa shape index (κ1) is 16.3. The highest BCUT2D eigenvalue weighted by molar-refractivity contribution is 8.00. The molecule has 0 heterocycles. The average Bonchev–Trinajstić information content (AvgIpc) is 2.25. The first-order chi connectivity index (χ1) is 7.33. The van der Waals surface area contributed by atoms with E-state index in [0.717, 1.165) is 6.54 Å². The normalized spacial score (nSPS) is 16.5. The lowest BCUT2D eigenvalue weighted by molar-refractivity contribution is 0.0138. The first-order valence-electron chi connectivity index (χ1n) is 6.31. The van der Waals surface area contributed by atoms with Crippen molar-refractivity contribution in [1.82, 2.24) is 5.32 Å². The Labute approximate surface area is 106 Å². The van der Waals surface area contributed by atoms with Crippen LogP contribution < -0.4 is 5.32 Å². The van der Waals surface area contributed by atoms with Crippen LogP contribution in [0.15, 0.2) is 0 Å². The predicted octanol–water partition coefficient (Wildman–Crippen LogP) is 2.90. The maximum Gasteiger partial charge on any atom is 0.0766 e. The van der Waals surface area contributed by atoms with Crippen LogP contribution in [0.2, 0.25) is 0 Å². The summed E-state index contributed by atoms with van der Waals surface area (Å²) in [5.41, 5.74) is -0.606. The van der Waals surface area contributed by atoms with Crippen LogP contribution in [0.5, 0.6) is 0 Å². The van der Waals surface area contributed by atoms with E-state index < -0.39 is 5.60 Å². The van der Waals surface area contributed by atoms with Gasteiger partial charge in [0.2, 0.25) is 0 Å². The lowest BCUT2D eigenvalue weighted by Crippen LogP contribution is -2.46. The van der Waals surface area contributed by atoms with Crippen molar-refractivity contribution in [2.75, 3.05) is 19.3 Å². The quantitative estimate of drug-likeness (QED) is 0.692. The van der Waals surface area contributed by atoms with Gasteiger partial charge in [-0.05, 0) is 31.9 Å². The van der Waals surface area contributed by atoms with Gasteiger partial charge in [0.05, 0.1) is 5.60 Å². The highest BCUT2D eigenvalue weighted by Crippen LogP contribution is 2.29. The van der Waals surface area contributed by atoms with Gasteiger partial charge in [-0.25, -0.2) is 0 Å². The Hall–Kier alpha value is 0.270. The molecule has 0 rings (SSSR count). The molecule has 98 valence electrons. The zero-order chi connectivity index (χ0) is 12.8. The maximum absolute atomic E-state index is 10.1. The van der Waals surface area contributed by atoms with Gasteiger partial charge in [0.1, 0.15) is 0 Å². The van der Waals surface area contributed by atoms with Gasteiger partial charge in [-0.15, -0.1) is 0 Å². The van der Waals surface area contributed by atoms with Crippen molar-refractivity contribution >= 4 is 11.8 Å². The fourth-order valence-electron chi connectivity index (χ4n) is 1.61. The molecule has 0 spiro atoms. The molecule has 1 atom stereocenters. The molecule has 1 unspecified atom stereocenters. The van der Waals surface area contributed by atoms with Crippen LogP contribution in [0.1, 0.15) is 47.5 Å². The molecule has 0 saturated carbocycles. The second kappa shape index (κ2) is 6.87.